The number of esters is 1. The number of carboxylic acid groups (broad SMARTS) is 1. The Bertz CT molecular complexity index is 432. The van der Waals surface area contributed by atoms with Gasteiger partial charge < -0.3 is 9.84 Å². The van der Waals surface area contributed by atoms with Crippen molar-refractivity contribution in [3.05, 3.63) is 0 Å². The highest BCUT2D eigenvalue weighted by Gasteiger charge is 2.17. The first-order chi connectivity index (χ1) is 9.68. The van der Waals surface area contributed by atoms with Crippen molar-refractivity contribution in [3.8, 4) is 0 Å². The summed E-state index contributed by atoms with van der Waals surface area (Å²) in [6, 6.07) is 0. The molecule has 0 aromatic heterocycles. The number of aliphatic carboxylic acids is 1. The van der Waals surface area contributed by atoms with Crippen molar-refractivity contribution in [2.24, 2.45) is 11.8 Å². The number of carbonyl (C=O) groups is 2. The smallest absolute Gasteiger partial charge is 0.306 e. The summed E-state index contributed by atoms with van der Waals surface area (Å²) in [4.78, 5) is 21.5. The Hall–Kier alpha value is -1.15. The van der Waals surface area contributed by atoms with Gasteiger partial charge in [0.2, 0.25) is 10.0 Å². The first kappa shape index (κ1) is 19.9. The van der Waals surface area contributed by atoms with Crippen LogP contribution in [-0.2, 0) is 24.3 Å². The molecular formula is C13H25NO6S. The Labute approximate surface area is 126 Å². The molecule has 0 aliphatic carbocycles. The average molecular weight is 323 g/mol. The number of hydrogen-bond acceptors (Lipinski definition) is 5. The fourth-order valence-corrected chi connectivity index (χ4v) is 2.92. The maximum atomic E-state index is 11.7. The van der Waals surface area contributed by atoms with Crippen LogP contribution < -0.4 is 4.72 Å². The molecule has 1 atom stereocenters. The van der Waals surface area contributed by atoms with Crippen LogP contribution in [0.1, 0.15) is 39.5 Å². The summed E-state index contributed by atoms with van der Waals surface area (Å²) in [7, 11) is -2.30. The van der Waals surface area contributed by atoms with E-state index in [1.54, 1.807) is 0 Å². The molecule has 0 aromatic carbocycles. The van der Waals surface area contributed by atoms with Gasteiger partial charge in [0.25, 0.3) is 0 Å². The fourth-order valence-electron chi connectivity index (χ4n) is 1.91. The fraction of sp³-hybridized carbons (Fsp3) is 0.846. The molecule has 0 bridgehead atoms. The number of carboxylic acids is 1. The van der Waals surface area contributed by atoms with Crippen molar-refractivity contribution >= 4 is 22.0 Å². The van der Waals surface area contributed by atoms with E-state index in [2.05, 4.69) is 9.46 Å². The molecule has 0 saturated carbocycles. The van der Waals surface area contributed by atoms with E-state index >= 15 is 0 Å². The minimum Gasteiger partial charge on any atom is -0.481 e. The van der Waals surface area contributed by atoms with Crippen molar-refractivity contribution in [1.29, 1.82) is 0 Å². The Kier molecular flexibility index (Phi) is 9.19. The highest BCUT2D eigenvalue weighted by atomic mass is 32.2. The molecule has 0 rings (SSSR count). The third-order valence-corrected chi connectivity index (χ3v) is 4.70. The molecule has 0 spiro atoms. The number of sulfonamides is 1. The molecule has 0 radical (unpaired) electrons. The van der Waals surface area contributed by atoms with E-state index in [9.17, 15) is 18.0 Å². The van der Waals surface area contributed by atoms with Gasteiger partial charge in [-0.2, -0.15) is 0 Å². The molecule has 0 heterocycles. The van der Waals surface area contributed by atoms with E-state index in [1.807, 2.05) is 13.8 Å². The number of rotatable bonds is 11. The SMILES string of the molecule is COC(=O)CCS(=O)(=O)NCCC(CCC(=O)O)C(C)C. The summed E-state index contributed by atoms with van der Waals surface area (Å²) in [5.41, 5.74) is 0. The van der Waals surface area contributed by atoms with Crippen molar-refractivity contribution in [1.82, 2.24) is 4.72 Å². The van der Waals surface area contributed by atoms with Crippen LogP contribution in [0.4, 0.5) is 0 Å². The number of ether oxygens (including phenoxy) is 1. The van der Waals surface area contributed by atoms with Crippen LogP contribution in [0.5, 0.6) is 0 Å². The second kappa shape index (κ2) is 9.73. The zero-order valence-electron chi connectivity index (χ0n) is 12.8. The van der Waals surface area contributed by atoms with Gasteiger partial charge in [-0.1, -0.05) is 13.8 Å². The number of nitrogens with one attached hydrogen (secondary N) is 1. The van der Waals surface area contributed by atoms with Crippen molar-refractivity contribution in [2.45, 2.75) is 39.5 Å². The largest absolute Gasteiger partial charge is 0.481 e. The third kappa shape index (κ3) is 10.3. The van der Waals surface area contributed by atoms with Crippen molar-refractivity contribution < 1.29 is 27.9 Å². The van der Waals surface area contributed by atoms with Crippen LogP contribution in [0.15, 0.2) is 0 Å². The quantitative estimate of drug-likeness (QED) is 0.549. The second-order valence-electron chi connectivity index (χ2n) is 5.26. The van der Waals surface area contributed by atoms with Crippen LogP contribution >= 0.6 is 0 Å². The van der Waals surface area contributed by atoms with Gasteiger partial charge in [-0.15, -0.1) is 0 Å². The monoisotopic (exact) mass is 323 g/mol. The molecule has 124 valence electrons. The molecular weight excluding hydrogens is 298 g/mol. The predicted octanol–water partition coefficient (Wildman–Crippen LogP) is 0.996. The lowest BCUT2D eigenvalue weighted by molar-refractivity contribution is -0.140. The zero-order valence-corrected chi connectivity index (χ0v) is 13.6. The second-order valence-corrected chi connectivity index (χ2v) is 7.19. The van der Waals surface area contributed by atoms with E-state index < -0.39 is 22.0 Å². The van der Waals surface area contributed by atoms with Crippen molar-refractivity contribution in [2.75, 3.05) is 19.4 Å². The predicted molar refractivity (Wildman–Crippen MR) is 78.2 cm³/mol. The molecule has 0 fully saturated rings. The van der Waals surface area contributed by atoms with E-state index in [1.165, 1.54) is 7.11 Å². The molecule has 21 heavy (non-hydrogen) atoms. The molecule has 7 nitrogen and oxygen atoms in total. The Balaban J connectivity index is 4.17. The zero-order chi connectivity index (χ0) is 16.5. The molecule has 2 N–H and O–H groups in total. The molecule has 0 aliphatic rings. The van der Waals surface area contributed by atoms with Crippen LogP contribution in [-0.4, -0.2) is 44.9 Å². The molecule has 0 aliphatic heterocycles. The standard InChI is InChI=1S/C13H25NO6S/c1-10(2)11(4-5-12(15)16)6-8-14-21(18,19)9-7-13(17)20-3/h10-11,14H,4-9H2,1-3H3,(H,15,16). The van der Waals surface area contributed by atoms with Gasteiger partial charge in [0, 0.05) is 13.0 Å². The normalized spacial score (nSPS) is 13.1. The Morgan fingerprint density at radius 1 is 1.19 bits per heavy atom. The summed E-state index contributed by atoms with van der Waals surface area (Å²) in [5, 5.41) is 8.69. The van der Waals surface area contributed by atoms with Crippen molar-refractivity contribution in [3.63, 3.8) is 0 Å². The maximum absolute atomic E-state index is 11.7. The van der Waals surface area contributed by atoms with Gasteiger partial charge in [0.15, 0.2) is 0 Å². The lowest BCUT2D eigenvalue weighted by atomic mass is 9.88. The lowest BCUT2D eigenvalue weighted by Crippen LogP contribution is -2.30. The molecule has 0 saturated heterocycles. The van der Waals surface area contributed by atoms with Crippen LogP contribution in [0.3, 0.4) is 0 Å². The Morgan fingerprint density at radius 2 is 1.81 bits per heavy atom. The van der Waals surface area contributed by atoms with E-state index in [0.29, 0.717) is 12.8 Å². The van der Waals surface area contributed by atoms with Gasteiger partial charge in [-0.05, 0) is 24.7 Å². The minimum absolute atomic E-state index is 0.0813. The van der Waals surface area contributed by atoms with E-state index in [4.69, 9.17) is 5.11 Å². The number of carbonyl (C=O) groups excluding carboxylic acids is 1. The number of hydrogen-bond donors (Lipinski definition) is 2. The van der Waals surface area contributed by atoms with E-state index in [-0.39, 0.29) is 37.0 Å². The summed E-state index contributed by atoms with van der Waals surface area (Å²) >= 11 is 0. The maximum Gasteiger partial charge on any atom is 0.306 e. The van der Waals surface area contributed by atoms with Gasteiger partial charge in [0.1, 0.15) is 0 Å². The first-order valence-electron chi connectivity index (χ1n) is 6.94. The highest BCUT2D eigenvalue weighted by molar-refractivity contribution is 7.89. The number of methoxy groups -OCH3 is 1. The summed E-state index contributed by atoms with van der Waals surface area (Å²) in [5.74, 6) is -1.30. The van der Waals surface area contributed by atoms with Crippen LogP contribution in [0, 0.1) is 11.8 Å². The highest BCUT2D eigenvalue weighted by Crippen LogP contribution is 2.20. The van der Waals surface area contributed by atoms with E-state index in [0.717, 1.165) is 0 Å². The van der Waals surface area contributed by atoms with Gasteiger partial charge in [-0.25, -0.2) is 13.1 Å². The van der Waals surface area contributed by atoms with Crippen LogP contribution in [0.2, 0.25) is 0 Å². The summed E-state index contributed by atoms with van der Waals surface area (Å²) < 4.78 is 30.1. The minimum atomic E-state index is -3.51. The summed E-state index contributed by atoms with van der Waals surface area (Å²) in [6.45, 7) is 4.21. The third-order valence-electron chi connectivity index (χ3n) is 3.31. The van der Waals surface area contributed by atoms with Gasteiger partial charge in [0.05, 0.1) is 19.3 Å². The average Bonchev–Trinajstić information content (AvgIpc) is 2.39. The first-order valence-corrected chi connectivity index (χ1v) is 8.59. The topological polar surface area (TPSA) is 110 Å². The molecule has 0 amide bonds. The summed E-state index contributed by atoms with van der Waals surface area (Å²) in [6.07, 6.45) is 0.996. The van der Waals surface area contributed by atoms with Crippen LogP contribution in [0.25, 0.3) is 0 Å². The molecule has 1 unspecified atom stereocenters. The Morgan fingerprint density at radius 3 is 2.29 bits per heavy atom. The molecule has 8 heteroatoms. The van der Waals surface area contributed by atoms with Gasteiger partial charge in [-0.3, -0.25) is 9.59 Å². The molecule has 0 aromatic rings. The van der Waals surface area contributed by atoms with Gasteiger partial charge >= 0.3 is 11.9 Å². The lowest BCUT2D eigenvalue weighted by Gasteiger charge is -2.20.